The summed E-state index contributed by atoms with van der Waals surface area (Å²) in [5, 5.41) is 2.88. The molecule has 0 aromatic rings. The van der Waals surface area contributed by atoms with Gasteiger partial charge in [-0.05, 0) is 6.42 Å². The van der Waals surface area contributed by atoms with Gasteiger partial charge in [-0.1, -0.05) is 19.8 Å². The van der Waals surface area contributed by atoms with Crippen molar-refractivity contribution in [1.82, 2.24) is 5.32 Å². The number of nitrogens with two attached hydrogens (primary N) is 1. The van der Waals surface area contributed by atoms with Crippen molar-refractivity contribution >= 4 is 17.7 Å². The van der Waals surface area contributed by atoms with E-state index in [1.165, 1.54) is 12.8 Å². The molecule has 0 saturated carbocycles. The SMILES string of the molecule is CCCCCNC(=O)CSCCN. The van der Waals surface area contributed by atoms with Crippen molar-refractivity contribution in [2.75, 3.05) is 24.6 Å². The molecule has 13 heavy (non-hydrogen) atoms. The molecular weight excluding hydrogens is 184 g/mol. The second kappa shape index (κ2) is 9.86. The van der Waals surface area contributed by atoms with E-state index in [-0.39, 0.29) is 5.91 Å². The van der Waals surface area contributed by atoms with E-state index in [1.54, 1.807) is 11.8 Å². The topological polar surface area (TPSA) is 55.1 Å². The summed E-state index contributed by atoms with van der Waals surface area (Å²) in [5.74, 6) is 1.54. The molecule has 0 spiro atoms. The number of unbranched alkanes of at least 4 members (excludes halogenated alkanes) is 2. The molecule has 0 rings (SSSR count). The predicted molar refractivity (Wildman–Crippen MR) is 58.9 cm³/mol. The quantitative estimate of drug-likeness (QED) is 0.580. The first-order chi connectivity index (χ1) is 6.31. The lowest BCUT2D eigenvalue weighted by molar-refractivity contribution is -0.118. The first kappa shape index (κ1) is 12.8. The summed E-state index contributed by atoms with van der Waals surface area (Å²) >= 11 is 1.59. The number of thioether (sulfide) groups is 1. The van der Waals surface area contributed by atoms with Gasteiger partial charge >= 0.3 is 0 Å². The lowest BCUT2D eigenvalue weighted by Gasteiger charge is -2.03. The molecule has 78 valence electrons. The molecule has 0 heterocycles. The van der Waals surface area contributed by atoms with Crippen LogP contribution in [0.3, 0.4) is 0 Å². The van der Waals surface area contributed by atoms with Crippen LogP contribution in [0, 0.1) is 0 Å². The Kier molecular flexibility index (Phi) is 9.70. The number of amides is 1. The van der Waals surface area contributed by atoms with E-state index in [0.29, 0.717) is 12.3 Å². The fraction of sp³-hybridized carbons (Fsp3) is 0.889. The molecule has 0 aromatic carbocycles. The molecule has 0 aliphatic heterocycles. The summed E-state index contributed by atoms with van der Waals surface area (Å²) in [5.41, 5.74) is 5.30. The van der Waals surface area contributed by atoms with Crippen molar-refractivity contribution in [3.05, 3.63) is 0 Å². The van der Waals surface area contributed by atoms with E-state index in [0.717, 1.165) is 18.7 Å². The monoisotopic (exact) mass is 204 g/mol. The minimum atomic E-state index is 0.134. The predicted octanol–water partition coefficient (Wildman–Crippen LogP) is 0.985. The Hall–Kier alpha value is -0.220. The third kappa shape index (κ3) is 9.70. The van der Waals surface area contributed by atoms with Gasteiger partial charge in [0.15, 0.2) is 0 Å². The van der Waals surface area contributed by atoms with Gasteiger partial charge in [0.25, 0.3) is 0 Å². The van der Waals surface area contributed by atoms with Gasteiger partial charge < -0.3 is 11.1 Å². The second-order valence-electron chi connectivity index (χ2n) is 2.90. The molecule has 3 N–H and O–H groups in total. The third-order valence-electron chi connectivity index (χ3n) is 1.60. The zero-order valence-electron chi connectivity index (χ0n) is 8.34. The largest absolute Gasteiger partial charge is 0.355 e. The zero-order chi connectivity index (χ0) is 9.94. The summed E-state index contributed by atoms with van der Waals surface area (Å²) in [6.07, 6.45) is 3.47. The third-order valence-corrected chi connectivity index (χ3v) is 2.59. The van der Waals surface area contributed by atoms with Gasteiger partial charge in [0, 0.05) is 18.8 Å². The van der Waals surface area contributed by atoms with E-state index in [9.17, 15) is 4.79 Å². The first-order valence-electron chi connectivity index (χ1n) is 4.85. The molecule has 0 aromatic heterocycles. The minimum absolute atomic E-state index is 0.134. The molecule has 0 aliphatic carbocycles. The highest BCUT2D eigenvalue weighted by Crippen LogP contribution is 1.97. The van der Waals surface area contributed by atoms with E-state index in [4.69, 9.17) is 5.73 Å². The highest BCUT2D eigenvalue weighted by Gasteiger charge is 1.98. The Bertz CT molecular complexity index is 131. The van der Waals surface area contributed by atoms with Gasteiger partial charge in [0.2, 0.25) is 5.91 Å². The molecule has 0 atom stereocenters. The molecule has 0 fully saturated rings. The molecular formula is C9H20N2OS. The highest BCUT2D eigenvalue weighted by atomic mass is 32.2. The Balaban J connectivity index is 3.11. The average Bonchev–Trinajstić information content (AvgIpc) is 2.13. The minimum Gasteiger partial charge on any atom is -0.355 e. The molecule has 4 heteroatoms. The summed E-state index contributed by atoms with van der Waals surface area (Å²) in [6, 6.07) is 0. The number of carbonyl (C=O) groups is 1. The molecule has 0 aliphatic rings. The molecule has 1 amide bonds. The van der Waals surface area contributed by atoms with Crippen LogP contribution in [0.5, 0.6) is 0 Å². The van der Waals surface area contributed by atoms with Gasteiger partial charge in [-0.2, -0.15) is 11.8 Å². The smallest absolute Gasteiger partial charge is 0.229 e. The number of nitrogens with one attached hydrogen (secondary N) is 1. The maximum Gasteiger partial charge on any atom is 0.229 e. The highest BCUT2D eigenvalue weighted by molar-refractivity contribution is 7.99. The van der Waals surface area contributed by atoms with Gasteiger partial charge in [-0.25, -0.2) is 0 Å². The second-order valence-corrected chi connectivity index (χ2v) is 4.00. The van der Waals surface area contributed by atoms with Crippen LogP contribution in [0.25, 0.3) is 0 Å². The average molecular weight is 204 g/mol. The van der Waals surface area contributed by atoms with Crippen molar-refractivity contribution in [2.45, 2.75) is 26.2 Å². The van der Waals surface area contributed by atoms with E-state index in [1.807, 2.05) is 0 Å². The summed E-state index contributed by atoms with van der Waals surface area (Å²) in [4.78, 5) is 11.1. The van der Waals surface area contributed by atoms with Crippen molar-refractivity contribution in [1.29, 1.82) is 0 Å². The summed E-state index contributed by atoms with van der Waals surface area (Å²) in [7, 11) is 0. The van der Waals surface area contributed by atoms with Crippen LogP contribution in [0.4, 0.5) is 0 Å². The molecule has 0 unspecified atom stereocenters. The Labute approximate surface area is 84.8 Å². The van der Waals surface area contributed by atoms with Crippen molar-refractivity contribution < 1.29 is 4.79 Å². The Morgan fingerprint density at radius 1 is 1.46 bits per heavy atom. The number of carbonyl (C=O) groups excluding carboxylic acids is 1. The van der Waals surface area contributed by atoms with Gasteiger partial charge in [-0.15, -0.1) is 0 Å². The summed E-state index contributed by atoms with van der Waals surface area (Å²) < 4.78 is 0. The Morgan fingerprint density at radius 2 is 2.23 bits per heavy atom. The number of hydrogen-bond donors (Lipinski definition) is 2. The number of hydrogen-bond acceptors (Lipinski definition) is 3. The Morgan fingerprint density at radius 3 is 2.85 bits per heavy atom. The molecule has 0 radical (unpaired) electrons. The maximum atomic E-state index is 11.1. The first-order valence-corrected chi connectivity index (χ1v) is 6.01. The van der Waals surface area contributed by atoms with E-state index < -0.39 is 0 Å². The van der Waals surface area contributed by atoms with Crippen LogP contribution >= 0.6 is 11.8 Å². The molecule has 3 nitrogen and oxygen atoms in total. The lowest BCUT2D eigenvalue weighted by atomic mass is 10.2. The zero-order valence-corrected chi connectivity index (χ0v) is 9.16. The number of rotatable bonds is 8. The van der Waals surface area contributed by atoms with Crippen molar-refractivity contribution in [2.24, 2.45) is 5.73 Å². The lowest BCUT2D eigenvalue weighted by Crippen LogP contribution is -2.26. The summed E-state index contributed by atoms with van der Waals surface area (Å²) in [6.45, 7) is 3.61. The van der Waals surface area contributed by atoms with Crippen LogP contribution in [0.2, 0.25) is 0 Å². The van der Waals surface area contributed by atoms with Crippen LogP contribution in [0.15, 0.2) is 0 Å². The fourth-order valence-corrected chi connectivity index (χ4v) is 1.50. The van der Waals surface area contributed by atoms with Crippen LogP contribution in [0.1, 0.15) is 26.2 Å². The van der Waals surface area contributed by atoms with Crippen LogP contribution in [-0.4, -0.2) is 30.5 Å². The van der Waals surface area contributed by atoms with E-state index >= 15 is 0 Å². The normalized spacial score (nSPS) is 10.0. The van der Waals surface area contributed by atoms with Gasteiger partial charge in [-0.3, -0.25) is 4.79 Å². The maximum absolute atomic E-state index is 11.1. The van der Waals surface area contributed by atoms with Crippen molar-refractivity contribution in [3.63, 3.8) is 0 Å². The molecule has 0 bridgehead atoms. The van der Waals surface area contributed by atoms with E-state index in [2.05, 4.69) is 12.2 Å². The molecule has 0 saturated heterocycles. The van der Waals surface area contributed by atoms with Crippen molar-refractivity contribution in [3.8, 4) is 0 Å². The fourth-order valence-electron chi connectivity index (χ4n) is 0.902. The van der Waals surface area contributed by atoms with Crippen LogP contribution < -0.4 is 11.1 Å². The standard InChI is InChI=1S/C9H20N2OS/c1-2-3-4-6-11-9(12)8-13-7-5-10/h2-8,10H2,1H3,(H,11,12). The van der Waals surface area contributed by atoms with Gasteiger partial charge in [0.05, 0.1) is 5.75 Å². The van der Waals surface area contributed by atoms with Gasteiger partial charge in [0.1, 0.15) is 0 Å². The van der Waals surface area contributed by atoms with Crippen LogP contribution in [-0.2, 0) is 4.79 Å².